The van der Waals surface area contributed by atoms with Gasteiger partial charge < -0.3 is 10.4 Å². The van der Waals surface area contributed by atoms with E-state index in [2.05, 4.69) is 5.32 Å². The fourth-order valence-corrected chi connectivity index (χ4v) is 1.79. The third-order valence-corrected chi connectivity index (χ3v) is 2.63. The summed E-state index contributed by atoms with van der Waals surface area (Å²) in [5.74, 6) is -0.00208. The molecule has 4 heteroatoms. The van der Waals surface area contributed by atoms with Crippen molar-refractivity contribution in [2.24, 2.45) is 0 Å². The Hall–Kier alpha value is -0.870. The van der Waals surface area contributed by atoms with Gasteiger partial charge in [0.15, 0.2) is 0 Å². The summed E-state index contributed by atoms with van der Waals surface area (Å²) in [5, 5.41) is 15.5. The smallest absolute Gasteiger partial charge is 0.220 e. The molecule has 0 bridgehead atoms. The number of rotatable bonds is 5. The highest BCUT2D eigenvalue weighted by atomic mass is 32.1. The number of amides is 1. The summed E-state index contributed by atoms with van der Waals surface area (Å²) in [6.07, 6.45) is 1.26. The number of aliphatic hydroxyl groups is 1. The van der Waals surface area contributed by atoms with Gasteiger partial charge in [-0.3, -0.25) is 4.79 Å². The Morgan fingerprint density at radius 1 is 1.71 bits per heavy atom. The molecule has 0 aliphatic rings. The lowest BCUT2D eigenvalue weighted by atomic mass is 10.2. The minimum absolute atomic E-state index is 0.00208. The van der Waals surface area contributed by atoms with Crippen molar-refractivity contribution in [3.8, 4) is 0 Å². The number of carbonyl (C=O) groups excluding carboxylic acids is 1. The van der Waals surface area contributed by atoms with Crippen LogP contribution in [-0.2, 0) is 11.2 Å². The molecule has 0 saturated carbocycles. The Balaban J connectivity index is 2.22. The van der Waals surface area contributed by atoms with Crippen LogP contribution >= 0.6 is 11.3 Å². The van der Waals surface area contributed by atoms with Crippen molar-refractivity contribution in [2.75, 3.05) is 6.61 Å². The van der Waals surface area contributed by atoms with Gasteiger partial charge in [-0.15, -0.1) is 0 Å². The summed E-state index contributed by atoms with van der Waals surface area (Å²) in [6, 6.07) is 1.87. The molecule has 1 atom stereocenters. The van der Waals surface area contributed by atoms with E-state index in [9.17, 15) is 4.79 Å². The molecule has 14 heavy (non-hydrogen) atoms. The number of nitrogens with one attached hydrogen (secondary N) is 1. The molecule has 2 N–H and O–H groups in total. The van der Waals surface area contributed by atoms with Gasteiger partial charge in [-0.05, 0) is 35.7 Å². The highest BCUT2D eigenvalue weighted by molar-refractivity contribution is 7.07. The molecule has 0 saturated heterocycles. The zero-order valence-corrected chi connectivity index (χ0v) is 9.01. The fourth-order valence-electron chi connectivity index (χ4n) is 1.09. The molecule has 0 aromatic carbocycles. The van der Waals surface area contributed by atoms with Gasteiger partial charge in [-0.1, -0.05) is 0 Å². The van der Waals surface area contributed by atoms with Crippen LogP contribution in [0.4, 0.5) is 0 Å². The van der Waals surface area contributed by atoms with Crippen LogP contribution in [0, 0.1) is 0 Å². The van der Waals surface area contributed by atoms with E-state index in [0.717, 1.165) is 6.42 Å². The van der Waals surface area contributed by atoms with E-state index in [1.165, 1.54) is 5.56 Å². The first-order chi connectivity index (χ1) is 6.72. The maximum Gasteiger partial charge on any atom is 0.220 e. The first-order valence-corrected chi connectivity index (χ1v) is 5.58. The molecule has 78 valence electrons. The lowest BCUT2D eigenvalue weighted by molar-refractivity contribution is -0.121. The largest absolute Gasteiger partial charge is 0.394 e. The molecule has 1 aromatic rings. The maximum atomic E-state index is 11.3. The molecule has 1 amide bonds. The molecule has 1 heterocycles. The van der Waals surface area contributed by atoms with E-state index in [0.29, 0.717) is 6.42 Å². The second kappa shape index (κ2) is 5.78. The van der Waals surface area contributed by atoms with E-state index in [-0.39, 0.29) is 18.6 Å². The molecule has 0 fully saturated rings. The van der Waals surface area contributed by atoms with Gasteiger partial charge >= 0.3 is 0 Å². The van der Waals surface area contributed by atoms with Crippen LogP contribution in [0.3, 0.4) is 0 Å². The maximum absolute atomic E-state index is 11.3. The number of hydrogen-bond acceptors (Lipinski definition) is 3. The van der Waals surface area contributed by atoms with Crippen molar-refractivity contribution in [1.82, 2.24) is 5.32 Å². The predicted molar refractivity (Wildman–Crippen MR) is 57.3 cm³/mol. The Morgan fingerprint density at radius 3 is 3.07 bits per heavy atom. The quantitative estimate of drug-likeness (QED) is 0.771. The first-order valence-electron chi connectivity index (χ1n) is 4.63. The minimum Gasteiger partial charge on any atom is -0.394 e. The zero-order valence-electron chi connectivity index (χ0n) is 8.19. The van der Waals surface area contributed by atoms with Gasteiger partial charge in [0.25, 0.3) is 0 Å². The van der Waals surface area contributed by atoms with Crippen molar-refractivity contribution in [3.05, 3.63) is 22.4 Å². The lowest BCUT2D eigenvalue weighted by Gasteiger charge is -2.09. The molecular weight excluding hydrogens is 198 g/mol. The Bertz CT molecular complexity index is 272. The van der Waals surface area contributed by atoms with Crippen LogP contribution in [0.25, 0.3) is 0 Å². The summed E-state index contributed by atoms with van der Waals surface area (Å²) >= 11 is 1.64. The number of carbonyl (C=O) groups is 1. The standard InChI is InChI=1S/C10H15NO2S/c1-8(6-12)11-10(13)3-2-9-4-5-14-7-9/h4-5,7-8,12H,2-3,6H2,1H3,(H,11,13). The van der Waals surface area contributed by atoms with Crippen LogP contribution < -0.4 is 5.32 Å². The first kappa shape index (κ1) is 11.2. The van der Waals surface area contributed by atoms with E-state index in [1.807, 2.05) is 16.8 Å². The number of aryl methyl sites for hydroxylation is 1. The number of aliphatic hydroxyl groups excluding tert-OH is 1. The molecule has 0 aliphatic carbocycles. The monoisotopic (exact) mass is 213 g/mol. The highest BCUT2D eigenvalue weighted by Gasteiger charge is 2.05. The van der Waals surface area contributed by atoms with E-state index >= 15 is 0 Å². The van der Waals surface area contributed by atoms with E-state index in [1.54, 1.807) is 18.3 Å². The third kappa shape index (κ3) is 3.89. The lowest BCUT2D eigenvalue weighted by Crippen LogP contribution is -2.35. The normalized spacial score (nSPS) is 12.4. The molecule has 0 spiro atoms. The SMILES string of the molecule is CC(CO)NC(=O)CCc1ccsc1. The molecule has 3 nitrogen and oxygen atoms in total. The van der Waals surface area contributed by atoms with Crippen LogP contribution in [0.15, 0.2) is 16.8 Å². The molecule has 1 unspecified atom stereocenters. The second-order valence-electron chi connectivity index (χ2n) is 3.28. The second-order valence-corrected chi connectivity index (χ2v) is 4.06. The summed E-state index contributed by atoms with van der Waals surface area (Å²) in [7, 11) is 0. The molecule has 1 rings (SSSR count). The van der Waals surface area contributed by atoms with Crippen molar-refractivity contribution >= 4 is 17.2 Å². The van der Waals surface area contributed by atoms with E-state index in [4.69, 9.17) is 5.11 Å². The van der Waals surface area contributed by atoms with Crippen molar-refractivity contribution in [3.63, 3.8) is 0 Å². The third-order valence-electron chi connectivity index (χ3n) is 1.90. The zero-order chi connectivity index (χ0) is 10.4. The van der Waals surface area contributed by atoms with Gasteiger partial charge in [0.2, 0.25) is 5.91 Å². The molecule has 1 aromatic heterocycles. The number of hydrogen-bond donors (Lipinski definition) is 2. The molecule has 0 aliphatic heterocycles. The summed E-state index contributed by atoms with van der Waals surface area (Å²) < 4.78 is 0. The van der Waals surface area contributed by atoms with Crippen LogP contribution in [0.2, 0.25) is 0 Å². The van der Waals surface area contributed by atoms with Gasteiger partial charge in [0.05, 0.1) is 6.61 Å². The summed E-state index contributed by atoms with van der Waals surface area (Å²) in [4.78, 5) is 11.3. The average molecular weight is 213 g/mol. The Kier molecular flexibility index (Phi) is 4.62. The topological polar surface area (TPSA) is 49.3 Å². The van der Waals surface area contributed by atoms with Gasteiger partial charge in [-0.2, -0.15) is 11.3 Å². The summed E-state index contributed by atoms with van der Waals surface area (Å²) in [6.45, 7) is 1.77. The highest BCUT2D eigenvalue weighted by Crippen LogP contribution is 2.08. The Labute approximate surface area is 87.8 Å². The average Bonchev–Trinajstić information content (AvgIpc) is 2.67. The molecular formula is C10H15NO2S. The fraction of sp³-hybridized carbons (Fsp3) is 0.500. The van der Waals surface area contributed by atoms with Gasteiger partial charge in [0.1, 0.15) is 0 Å². The van der Waals surface area contributed by atoms with Crippen molar-refractivity contribution in [2.45, 2.75) is 25.8 Å². The van der Waals surface area contributed by atoms with Crippen molar-refractivity contribution in [1.29, 1.82) is 0 Å². The van der Waals surface area contributed by atoms with Crippen LogP contribution in [0.1, 0.15) is 18.9 Å². The van der Waals surface area contributed by atoms with Gasteiger partial charge in [0, 0.05) is 12.5 Å². The predicted octanol–water partition coefficient (Wildman–Crippen LogP) is 1.18. The number of thiophene rings is 1. The van der Waals surface area contributed by atoms with Crippen molar-refractivity contribution < 1.29 is 9.90 Å². The Morgan fingerprint density at radius 2 is 2.50 bits per heavy atom. The van der Waals surface area contributed by atoms with Crippen LogP contribution in [-0.4, -0.2) is 23.7 Å². The van der Waals surface area contributed by atoms with Crippen LogP contribution in [0.5, 0.6) is 0 Å². The van der Waals surface area contributed by atoms with Gasteiger partial charge in [-0.25, -0.2) is 0 Å². The van der Waals surface area contributed by atoms with E-state index < -0.39 is 0 Å². The summed E-state index contributed by atoms with van der Waals surface area (Å²) in [5.41, 5.74) is 1.20. The minimum atomic E-state index is -0.148. The molecule has 0 radical (unpaired) electrons.